The summed E-state index contributed by atoms with van der Waals surface area (Å²) in [5, 5.41) is 17.0. The normalized spacial score (nSPS) is 20.6. The van der Waals surface area contributed by atoms with Gasteiger partial charge in [0.25, 0.3) is 5.91 Å². The number of unbranched alkanes of at least 4 members (excludes halogenated alkanes) is 1. The zero-order valence-corrected chi connectivity index (χ0v) is 29.2. The number of imidazole rings is 2. The maximum absolute atomic E-state index is 13.2. The molecule has 6 heterocycles. The molecule has 3 N–H and O–H groups in total. The molecule has 4 aromatic heterocycles. The van der Waals surface area contributed by atoms with E-state index in [1.807, 2.05) is 40.0 Å². The van der Waals surface area contributed by atoms with Crippen LogP contribution in [0.25, 0.3) is 27.8 Å². The average molecular weight is 726 g/mol. The van der Waals surface area contributed by atoms with Gasteiger partial charge in [-0.25, -0.2) is 23.5 Å². The van der Waals surface area contributed by atoms with Crippen molar-refractivity contribution in [3.8, 4) is 11.1 Å². The number of rotatable bonds is 10. The number of aromatic nitrogens is 7. The molecule has 1 aromatic carbocycles. The minimum Gasteiger partial charge on any atom is -0.345 e. The van der Waals surface area contributed by atoms with E-state index in [-0.39, 0.29) is 35.8 Å². The van der Waals surface area contributed by atoms with E-state index in [2.05, 4.69) is 31.1 Å². The van der Waals surface area contributed by atoms with Crippen molar-refractivity contribution in [2.24, 2.45) is 7.05 Å². The number of piperidine rings is 2. The Bertz CT molecular complexity index is 2300. The summed E-state index contributed by atoms with van der Waals surface area (Å²) in [5.41, 5.74) is 4.59. The monoisotopic (exact) mass is 725 g/mol. The zero-order valence-electron chi connectivity index (χ0n) is 29.2. The topological polar surface area (TPSA) is 183 Å². The third-order valence-electron chi connectivity index (χ3n) is 10.5. The standard InChI is InChI=1S/C36H40FN11O5/c1-44-29-14-21(5-6-27(29)47(36(44)53)28-7-8-32(49)43-33(28)50)4-2-3-11-38-35(52)45-12-9-24(10-13-45)46-20-23(18-40-46)22-15-31-39-19-30(48(31)41-17-22)34(51)42-26-16-25(26)37/h5-6,14-15,17-20,24-26,28H,2-4,7-13,16H2,1H3,(H,38,52)(H,42,51)(H,43,49,50)/t25-,26+,28?/m0/s1. The van der Waals surface area contributed by atoms with Crippen LogP contribution in [0.3, 0.4) is 0 Å². The van der Waals surface area contributed by atoms with Crippen LogP contribution in [0.2, 0.25) is 0 Å². The minimum absolute atomic E-state index is 0.0791. The molecule has 3 aliphatic rings. The highest BCUT2D eigenvalue weighted by Crippen LogP contribution is 2.28. The molecule has 5 amide bonds. The number of urea groups is 1. The van der Waals surface area contributed by atoms with Crippen molar-refractivity contribution in [3.05, 3.63) is 70.8 Å². The molecule has 8 rings (SSSR count). The van der Waals surface area contributed by atoms with Gasteiger partial charge in [-0.3, -0.25) is 33.5 Å². The second kappa shape index (κ2) is 13.9. The number of aryl methyl sites for hydroxylation is 2. The van der Waals surface area contributed by atoms with Gasteiger partial charge in [-0.2, -0.15) is 10.2 Å². The molecule has 1 aliphatic carbocycles. The number of nitrogens with zero attached hydrogens (tertiary/aromatic N) is 8. The summed E-state index contributed by atoms with van der Waals surface area (Å²) in [5.74, 6) is -1.18. The summed E-state index contributed by atoms with van der Waals surface area (Å²) in [6.45, 7) is 1.77. The first kappa shape index (κ1) is 34.2. The maximum Gasteiger partial charge on any atom is 0.329 e. The van der Waals surface area contributed by atoms with Crippen molar-refractivity contribution in [1.29, 1.82) is 0 Å². The van der Waals surface area contributed by atoms with Gasteiger partial charge in [0, 0.05) is 56.8 Å². The number of hydrogen-bond donors (Lipinski definition) is 3. The molecule has 0 spiro atoms. The quantitative estimate of drug-likeness (QED) is 0.145. The SMILES string of the molecule is Cn1c(=O)n(C2CCC(=O)NC2=O)c2ccc(CCCCNC(=O)N3CCC(n4cc(-c5cnn6c(C(=O)N[C@@H]7C[C@@H]7F)cnc6c5)cn4)CC3)cc21. The Labute approximate surface area is 302 Å². The average Bonchev–Trinajstić information content (AvgIpc) is 3.48. The van der Waals surface area contributed by atoms with Gasteiger partial charge in [0.05, 0.1) is 41.7 Å². The molecule has 17 heteroatoms. The summed E-state index contributed by atoms with van der Waals surface area (Å²) in [7, 11) is 1.68. The summed E-state index contributed by atoms with van der Waals surface area (Å²) in [6.07, 6.45) is 10.6. The highest BCUT2D eigenvalue weighted by molar-refractivity contribution is 6.00. The fourth-order valence-corrected chi connectivity index (χ4v) is 7.32. The Kier molecular flexibility index (Phi) is 9.00. The summed E-state index contributed by atoms with van der Waals surface area (Å²) < 4.78 is 19.6. The zero-order chi connectivity index (χ0) is 36.8. The molecule has 0 radical (unpaired) electrons. The highest BCUT2D eigenvalue weighted by Gasteiger charge is 2.39. The van der Waals surface area contributed by atoms with Crippen LogP contribution in [0.1, 0.15) is 73.1 Å². The van der Waals surface area contributed by atoms with E-state index < -0.39 is 30.1 Å². The number of imide groups is 1. The molecular formula is C36H40FN11O5. The Morgan fingerprint density at radius 2 is 1.77 bits per heavy atom. The molecule has 5 aromatic rings. The molecule has 2 aliphatic heterocycles. The predicted molar refractivity (Wildman–Crippen MR) is 190 cm³/mol. The van der Waals surface area contributed by atoms with Crippen LogP contribution in [-0.4, -0.2) is 94.0 Å². The number of alkyl halides is 1. The molecule has 16 nitrogen and oxygen atoms in total. The van der Waals surface area contributed by atoms with Crippen molar-refractivity contribution < 1.29 is 23.6 Å². The Balaban J connectivity index is 0.789. The van der Waals surface area contributed by atoms with Crippen LogP contribution in [0, 0.1) is 0 Å². The molecule has 276 valence electrons. The molecular weight excluding hydrogens is 685 g/mol. The predicted octanol–water partition coefficient (Wildman–Crippen LogP) is 2.43. The van der Waals surface area contributed by atoms with Crippen molar-refractivity contribution in [3.63, 3.8) is 0 Å². The van der Waals surface area contributed by atoms with Crippen LogP contribution < -0.4 is 21.6 Å². The van der Waals surface area contributed by atoms with Gasteiger partial charge in [-0.15, -0.1) is 0 Å². The van der Waals surface area contributed by atoms with Gasteiger partial charge >= 0.3 is 11.7 Å². The number of benzene rings is 1. The number of carbonyl (C=O) groups is 4. The number of halogens is 1. The molecule has 1 unspecified atom stereocenters. The Morgan fingerprint density at radius 3 is 2.55 bits per heavy atom. The minimum atomic E-state index is -0.992. The first-order valence-electron chi connectivity index (χ1n) is 18.0. The van der Waals surface area contributed by atoms with Crippen LogP contribution in [0.15, 0.2) is 53.8 Å². The van der Waals surface area contributed by atoms with Crippen LogP contribution in [-0.2, 0) is 23.1 Å². The van der Waals surface area contributed by atoms with Gasteiger partial charge in [0.2, 0.25) is 11.8 Å². The lowest BCUT2D eigenvalue weighted by atomic mass is 10.0. The van der Waals surface area contributed by atoms with Crippen molar-refractivity contribution in [1.82, 2.24) is 54.4 Å². The molecule has 3 atom stereocenters. The Morgan fingerprint density at radius 1 is 0.981 bits per heavy atom. The first-order valence-corrected chi connectivity index (χ1v) is 18.0. The van der Waals surface area contributed by atoms with Gasteiger partial charge < -0.3 is 15.5 Å². The summed E-state index contributed by atoms with van der Waals surface area (Å²) in [6, 6.07) is 6.53. The largest absolute Gasteiger partial charge is 0.345 e. The number of carbonyl (C=O) groups excluding carboxylic acids is 4. The van der Waals surface area contributed by atoms with Crippen LogP contribution in [0.5, 0.6) is 0 Å². The fourth-order valence-electron chi connectivity index (χ4n) is 7.32. The molecule has 1 saturated carbocycles. The lowest BCUT2D eigenvalue weighted by Crippen LogP contribution is -2.45. The molecule has 53 heavy (non-hydrogen) atoms. The Hall–Kier alpha value is -5.87. The van der Waals surface area contributed by atoms with Crippen LogP contribution in [0.4, 0.5) is 9.18 Å². The first-order chi connectivity index (χ1) is 25.6. The summed E-state index contributed by atoms with van der Waals surface area (Å²) >= 11 is 0. The van der Waals surface area contributed by atoms with Gasteiger partial charge in [0.15, 0.2) is 5.65 Å². The third-order valence-corrected chi connectivity index (χ3v) is 10.5. The number of fused-ring (bicyclic) bond motifs is 2. The van der Waals surface area contributed by atoms with Crippen molar-refractivity contribution in [2.75, 3.05) is 19.6 Å². The number of hydrogen-bond acceptors (Lipinski definition) is 8. The van der Waals surface area contributed by atoms with E-state index in [0.29, 0.717) is 43.6 Å². The highest BCUT2D eigenvalue weighted by atomic mass is 19.1. The van der Waals surface area contributed by atoms with Gasteiger partial charge in [-0.05, 0) is 62.3 Å². The number of nitrogens with one attached hydrogen (secondary N) is 3. The molecule has 3 fully saturated rings. The van der Waals surface area contributed by atoms with E-state index in [1.165, 1.54) is 19.8 Å². The van der Waals surface area contributed by atoms with Crippen LogP contribution >= 0.6 is 0 Å². The smallest absolute Gasteiger partial charge is 0.329 e. The molecule has 2 saturated heterocycles. The number of amides is 5. The number of likely N-dealkylation sites (tertiary alicyclic amines) is 1. The lowest BCUT2D eigenvalue weighted by molar-refractivity contribution is -0.135. The van der Waals surface area contributed by atoms with E-state index in [9.17, 15) is 28.4 Å². The van der Waals surface area contributed by atoms with Crippen molar-refractivity contribution in [2.45, 2.75) is 75.7 Å². The summed E-state index contributed by atoms with van der Waals surface area (Å²) in [4.78, 5) is 68.7. The lowest BCUT2D eigenvalue weighted by Gasteiger charge is -2.32. The second-order valence-corrected chi connectivity index (χ2v) is 14.1. The van der Waals surface area contributed by atoms with E-state index in [4.69, 9.17) is 0 Å². The van der Waals surface area contributed by atoms with Gasteiger partial charge in [0.1, 0.15) is 17.9 Å². The third kappa shape index (κ3) is 6.78. The van der Waals surface area contributed by atoms with Gasteiger partial charge in [-0.1, -0.05) is 6.07 Å². The maximum atomic E-state index is 13.2. The van der Waals surface area contributed by atoms with E-state index >= 15 is 0 Å². The van der Waals surface area contributed by atoms with Crippen molar-refractivity contribution >= 4 is 40.4 Å². The fraction of sp³-hybridized carbons (Fsp3) is 0.444. The van der Waals surface area contributed by atoms with E-state index in [1.54, 1.807) is 19.4 Å². The molecule has 0 bridgehead atoms. The second-order valence-electron chi connectivity index (χ2n) is 14.1. The van der Waals surface area contributed by atoms with E-state index in [0.717, 1.165) is 54.3 Å².